The van der Waals surface area contributed by atoms with Gasteiger partial charge < -0.3 is 4.42 Å². The molecule has 2 rings (SSSR count). The lowest BCUT2D eigenvalue weighted by atomic mass is 10.1. The van der Waals surface area contributed by atoms with E-state index in [4.69, 9.17) is 4.42 Å². The van der Waals surface area contributed by atoms with Crippen LogP contribution in [0.5, 0.6) is 0 Å². The van der Waals surface area contributed by atoms with Gasteiger partial charge in [-0.25, -0.2) is 0 Å². The zero-order valence-electron chi connectivity index (χ0n) is 12.9. The van der Waals surface area contributed by atoms with Crippen LogP contribution in [-0.4, -0.2) is 0 Å². The summed E-state index contributed by atoms with van der Waals surface area (Å²) in [7, 11) is 0. The minimum Gasteiger partial charge on any atom is -0.469 e. The van der Waals surface area contributed by atoms with Crippen LogP contribution in [0.1, 0.15) is 51.9 Å². The Morgan fingerprint density at radius 1 is 0.895 bits per heavy atom. The second-order valence-corrected chi connectivity index (χ2v) is 4.02. The van der Waals surface area contributed by atoms with Gasteiger partial charge in [0, 0.05) is 6.42 Å². The molecule has 106 valence electrons. The molecule has 1 heterocycles. The number of rotatable bonds is 4. The normalized spacial score (nSPS) is 8.84. The largest absolute Gasteiger partial charge is 0.469 e. The molecule has 1 aromatic heterocycles. The van der Waals surface area contributed by atoms with Crippen molar-refractivity contribution in [2.75, 3.05) is 0 Å². The summed E-state index contributed by atoms with van der Waals surface area (Å²) in [4.78, 5) is 0. The molecule has 0 saturated carbocycles. The van der Waals surface area contributed by atoms with Crippen LogP contribution in [-0.2, 0) is 12.8 Å². The number of benzene rings is 1. The Hall–Kier alpha value is -1.50. The number of unbranched alkanes of at least 4 members (excludes halogenated alkanes) is 1. The van der Waals surface area contributed by atoms with Gasteiger partial charge in [0.15, 0.2) is 0 Å². The molecule has 0 saturated heterocycles. The fraction of sp³-hybridized carbons (Fsp3) is 0.444. The minimum absolute atomic E-state index is 0.993. The van der Waals surface area contributed by atoms with Crippen molar-refractivity contribution in [3.05, 3.63) is 60.1 Å². The van der Waals surface area contributed by atoms with E-state index in [-0.39, 0.29) is 0 Å². The molecule has 0 unspecified atom stereocenters. The molecule has 0 bridgehead atoms. The topological polar surface area (TPSA) is 13.1 Å². The summed E-state index contributed by atoms with van der Waals surface area (Å²) < 4.78 is 4.98. The second-order valence-electron chi connectivity index (χ2n) is 4.02. The van der Waals surface area contributed by atoms with Gasteiger partial charge in [0.25, 0.3) is 0 Å². The molecule has 2 aromatic rings. The van der Waals surface area contributed by atoms with Gasteiger partial charge in [0.1, 0.15) is 5.76 Å². The van der Waals surface area contributed by atoms with Crippen LogP contribution in [0, 0.1) is 0 Å². The second kappa shape index (κ2) is 12.9. The van der Waals surface area contributed by atoms with E-state index < -0.39 is 0 Å². The fourth-order valence-electron chi connectivity index (χ4n) is 1.54. The first kappa shape index (κ1) is 17.5. The van der Waals surface area contributed by atoms with Crippen molar-refractivity contribution in [2.24, 2.45) is 0 Å². The van der Waals surface area contributed by atoms with Crippen LogP contribution in [0.3, 0.4) is 0 Å². The Labute approximate surface area is 118 Å². The van der Waals surface area contributed by atoms with Gasteiger partial charge in [-0.1, -0.05) is 64.4 Å². The molecule has 1 heteroatoms. The lowest BCUT2D eigenvalue weighted by Gasteiger charge is -1.96. The molecule has 19 heavy (non-hydrogen) atoms. The summed E-state index contributed by atoms with van der Waals surface area (Å²) in [5.41, 5.74) is 1.46. The van der Waals surface area contributed by atoms with E-state index in [9.17, 15) is 0 Å². The molecule has 0 aliphatic heterocycles. The zero-order valence-corrected chi connectivity index (χ0v) is 12.9. The first-order valence-corrected chi connectivity index (χ1v) is 7.43. The Kier molecular flexibility index (Phi) is 11.9. The predicted octanol–water partition coefficient (Wildman–Crippen LogP) is 5.90. The molecule has 0 spiro atoms. The molecule has 0 aliphatic carbocycles. The van der Waals surface area contributed by atoms with Gasteiger partial charge >= 0.3 is 0 Å². The predicted molar refractivity (Wildman–Crippen MR) is 84.5 cm³/mol. The zero-order chi connectivity index (χ0) is 14.3. The molecular formula is C18H28O. The molecular weight excluding hydrogens is 232 g/mol. The highest BCUT2D eigenvalue weighted by Crippen LogP contribution is 2.03. The van der Waals surface area contributed by atoms with Crippen LogP contribution in [0.2, 0.25) is 0 Å². The minimum atomic E-state index is 0.993. The van der Waals surface area contributed by atoms with Crippen molar-refractivity contribution in [3.8, 4) is 0 Å². The van der Waals surface area contributed by atoms with E-state index in [1.165, 1.54) is 24.8 Å². The summed E-state index contributed by atoms with van der Waals surface area (Å²) in [6, 6.07) is 14.5. The van der Waals surface area contributed by atoms with Gasteiger partial charge in [-0.05, 0) is 30.5 Å². The molecule has 0 aliphatic rings. The Morgan fingerprint density at radius 2 is 1.58 bits per heavy atom. The fourth-order valence-corrected chi connectivity index (χ4v) is 1.54. The quantitative estimate of drug-likeness (QED) is 0.667. The van der Waals surface area contributed by atoms with Crippen LogP contribution < -0.4 is 0 Å². The molecule has 1 aromatic carbocycles. The van der Waals surface area contributed by atoms with Gasteiger partial charge in [0.05, 0.1) is 6.26 Å². The smallest absolute Gasteiger partial charge is 0.103 e. The van der Waals surface area contributed by atoms with Gasteiger partial charge in [-0.3, -0.25) is 0 Å². The molecule has 1 nitrogen and oxygen atoms in total. The van der Waals surface area contributed by atoms with E-state index in [2.05, 4.69) is 44.2 Å². The SMILES string of the molecule is CC.CCCCc1ccccc1.CCc1ccco1. The van der Waals surface area contributed by atoms with E-state index in [0.717, 1.165) is 12.2 Å². The Bertz CT molecular complexity index is 362. The first-order valence-electron chi connectivity index (χ1n) is 7.43. The van der Waals surface area contributed by atoms with Crippen molar-refractivity contribution in [1.29, 1.82) is 0 Å². The molecule has 0 N–H and O–H groups in total. The lowest BCUT2D eigenvalue weighted by Crippen LogP contribution is -1.81. The Morgan fingerprint density at radius 3 is 2.00 bits per heavy atom. The maximum absolute atomic E-state index is 4.98. The van der Waals surface area contributed by atoms with Crippen molar-refractivity contribution >= 4 is 0 Å². The van der Waals surface area contributed by atoms with Crippen molar-refractivity contribution in [3.63, 3.8) is 0 Å². The van der Waals surface area contributed by atoms with E-state index in [0.29, 0.717) is 0 Å². The molecule has 0 radical (unpaired) electrons. The van der Waals surface area contributed by atoms with Crippen molar-refractivity contribution in [2.45, 2.75) is 53.4 Å². The van der Waals surface area contributed by atoms with Crippen LogP contribution in [0.4, 0.5) is 0 Å². The van der Waals surface area contributed by atoms with Gasteiger partial charge in [-0.2, -0.15) is 0 Å². The number of hydrogen-bond donors (Lipinski definition) is 0. The summed E-state index contributed by atoms with van der Waals surface area (Å²) in [6.07, 6.45) is 6.52. The first-order chi connectivity index (χ1) is 9.36. The van der Waals surface area contributed by atoms with E-state index >= 15 is 0 Å². The van der Waals surface area contributed by atoms with Gasteiger partial charge in [-0.15, -0.1) is 0 Å². The average Bonchev–Trinajstić information content (AvgIpc) is 3.02. The molecule has 0 fully saturated rings. The number of aryl methyl sites for hydroxylation is 2. The third-order valence-corrected chi connectivity index (χ3v) is 2.59. The third kappa shape index (κ3) is 9.12. The standard InChI is InChI=1S/C10H14.C6H8O.C2H6/c1-2-3-7-10-8-5-4-6-9-10;1-2-6-4-3-5-7-6;1-2/h4-6,8-9H,2-3,7H2,1H3;3-5H,2H2,1H3;1-2H3. The van der Waals surface area contributed by atoms with Crippen molar-refractivity contribution in [1.82, 2.24) is 0 Å². The summed E-state index contributed by atoms with van der Waals surface area (Å²) in [5.74, 6) is 1.06. The third-order valence-electron chi connectivity index (χ3n) is 2.59. The Balaban J connectivity index is 0.000000316. The van der Waals surface area contributed by atoms with Crippen molar-refractivity contribution < 1.29 is 4.42 Å². The number of hydrogen-bond acceptors (Lipinski definition) is 1. The molecule has 0 atom stereocenters. The summed E-state index contributed by atoms with van der Waals surface area (Å²) in [6.45, 7) is 8.29. The molecule has 0 amide bonds. The highest BCUT2D eigenvalue weighted by Gasteiger charge is 1.87. The van der Waals surface area contributed by atoms with Crippen LogP contribution >= 0.6 is 0 Å². The summed E-state index contributed by atoms with van der Waals surface area (Å²) >= 11 is 0. The average molecular weight is 260 g/mol. The van der Waals surface area contributed by atoms with Gasteiger partial charge in [0.2, 0.25) is 0 Å². The highest BCUT2D eigenvalue weighted by atomic mass is 16.3. The monoisotopic (exact) mass is 260 g/mol. The maximum atomic E-state index is 4.98. The van der Waals surface area contributed by atoms with E-state index in [1.807, 2.05) is 26.0 Å². The van der Waals surface area contributed by atoms with Crippen LogP contribution in [0.25, 0.3) is 0 Å². The number of furan rings is 1. The summed E-state index contributed by atoms with van der Waals surface area (Å²) in [5, 5.41) is 0. The highest BCUT2D eigenvalue weighted by molar-refractivity contribution is 5.14. The maximum Gasteiger partial charge on any atom is 0.103 e. The van der Waals surface area contributed by atoms with E-state index in [1.54, 1.807) is 6.26 Å². The lowest BCUT2D eigenvalue weighted by molar-refractivity contribution is 0.516. The van der Waals surface area contributed by atoms with Crippen LogP contribution in [0.15, 0.2) is 53.1 Å².